The zero-order chi connectivity index (χ0) is 20.8. The van der Waals surface area contributed by atoms with Crippen LogP contribution < -0.4 is 10.2 Å². The number of piperazine rings is 1. The second-order valence-corrected chi connectivity index (χ2v) is 7.87. The third-order valence-corrected chi connectivity index (χ3v) is 5.66. The number of amides is 1. The van der Waals surface area contributed by atoms with Crippen LogP contribution in [-0.2, 0) is 13.1 Å². The molecule has 1 aliphatic rings. The number of carbonyl (C=O) groups excluding carboxylic acids is 1. The summed E-state index contributed by atoms with van der Waals surface area (Å²) in [6, 6.07) is 19.7. The van der Waals surface area contributed by atoms with E-state index in [1.54, 1.807) is 12.4 Å². The predicted octanol–water partition coefficient (Wildman–Crippen LogP) is 3.99. The first-order valence-electron chi connectivity index (χ1n) is 10.2. The Morgan fingerprint density at radius 1 is 0.967 bits per heavy atom. The normalized spacial score (nSPS) is 14.5. The average Bonchev–Trinajstić information content (AvgIpc) is 2.79. The first kappa shape index (κ1) is 20.4. The molecule has 0 unspecified atom stereocenters. The van der Waals surface area contributed by atoms with E-state index < -0.39 is 0 Å². The molecular weight excluding hydrogens is 396 g/mol. The number of para-hydroxylation sites is 1. The minimum absolute atomic E-state index is 0.0655. The van der Waals surface area contributed by atoms with Crippen molar-refractivity contribution < 1.29 is 4.79 Å². The third kappa shape index (κ3) is 5.17. The molecule has 1 aromatic heterocycles. The first-order chi connectivity index (χ1) is 14.7. The van der Waals surface area contributed by atoms with E-state index in [1.807, 2.05) is 48.5 Å². The number of hydrogen-bond donors (Lipinski definition) is 1. The van der Waals surface area contributed by atoms with Crippen LogP contribution in [0.4, 0.5) is 5.69 Å². The van der Waals surface area contributed by atoms with Gasteiger partial charge in [0.2, 0.25) is 0 Å². The van der Waals surface area contributed by atoms with Gasteiger partial charge in [-0.15, -0.1) is 0 Å². The van der Waals surface area contributed by atoms with Gasteiger partial charge >= 0.3 is 0 Å². The Hall–Kier alpha value is -2.89. The second-order valence-electron chi connectivity index (χ2n) is 7.46. The molecule has 2 aromatic carbocycles. The number of halogens is 1. The lowest BCUT2D eigenvalue weighted by Gasteiger charge is -2.36. The van der Waals surface area contributed by atoms with Crippen LogP contribution in [0.5, 0.6) is 0 Å². The molecule has 1 amide bonds. The molecule has 0 atom stereocenters. The Bertz CT molecular complexity index is 987. The van der Waals surface area contributed by atoms with Gasteiger partial charge in [-0.05, 0) is 41.5 Å². The summed E-state index contributed by atoms with van der Waals surface area (Å²) in [5, 5.41) is 3.77. The molecule has 154 valence electrons. The number of anilines is 1. The van der Waals surface area contributed by atoms with Crippen LogP contribution in [0.1, 0.15) is 21.5 Å². The summed E-state index contributed by atoms with van der Waals surface area (Å²) in [5.41, 5.74) is 3.92. The zero-order valence-corrected chi connectivity index (χ0v) is 17.6. The van der Waals surface area contributed by atoms with E-state index in [-0.39, 0.29) is 5.91 Å². The molecule has 0 spiro atoms. The van der Waals surface area contributed by atoms with Gasteiger partial charge in [0.25, 0.3) is 5.91 Å². The van der Waals surface area contributed by atoms with Crippen LogP contribution in [0.2, 0.25) is 5.02 Å². The molecule has 6 heteroatoms. The van der Waals surface area contributed by atoms with Crippen LogP contribution >= 0.6 is 11.6 Å². The third-order valence-electron chi connectivity index (χ3n) is 5.34. The zero-order valence-electron chi connectivity index (χ0n) is 16.8. The van der Waals surface area contributed by atoms with Crippen LogP contribution in [-0.4, -0.2) is 42.0 Å². The summed E-state index contributed by atoms with van der Waals surface area (Å²) >= 11 is 6.34. The molecule has 0 saturated carbocycles. The number of pyridine rings is 1. The molecule has 0 aliphatic carbocycles. The lowest BCUT2D eigenvalue weighted by molar-refractivity contribution is 0.0950. The summed E-state index contributed by atoms with van der Waals surface area (Å²) in [4.78, 5) is 21.4. The molecule has 2 heterocycles. The van der Waals surface area contributed by atoms with Crippen molar-refractivity contribution in [1.29, 1.82) is 0 Å². The van der Waals surface area contributed by atoms with Crippen molar-refractivity contribution in [3.8, 4) is 0 Å². The quantitative estimate of drug-likeness (QED) is 0.655. The van der Waals surface area contributed by atoms with E-state index >= 15 is 0 Å². The Morgan fingerprint density at radius 2 is 1.77 bits per heavy atom. The standard InChI is InChI=1S/C24H25ClN4O/c25-22-8-1-2-9-23(22)29-13-11-28(12-14-29)18-19-5-3-7-21(15-19)24(30)27-17-20-6-4-10-26-16-20/h1-10,15-16H,11-14,17-18H2,(H,27,30). The highest BCUT2D eigenvalue weighted by Crippen LogP contribution is 2.26. The van der Waals surface area contributed by atoms with Crippen LogP contribution in [0.25, 0.3) is 0 Å². The van der Waals surface area contributed by atoms with Crippen molar-refractivity contribution in [3.63, 3.8) is 0 Å². The summed E-state index contributed by atoms with van der Waals surface area (Å²) in [6.07, 6.45) is 3.49. The highest BCUT2D eigenvalue weighted by molar-refractivity contribution is 6.33. The Kier molecular flexibility index (Phi) is 6.62. The summed E-state index contributed by atoms with van der Waals surface area (Å²) < 4.78 is 0. The Balaban J connectivity index is 1.31. The maximum absolute atomic E-state index is 12.5. The molecule has 1 saturated heterocycles. The number of aromatic nitrogens is 1. The van der Waals surface area contributed by atoms with Gasteiger partial charge in [0.1, 0.15) is 0 Å². The maximum Gasteiger partial charge on any atom is 0.251 e. The number of hydrogen-bond acceptors (Lipinski definition) is 4. The number of carbonyl (C=O) groups is 1. The summed E-state index contributed by atoms with van der Waals surface area (Å²) in [6.45, 7) is 5.11. The number of nitrogens with one attached hydrogen (secondary N) is 1. The molecule has 0 bridgehead atoms. The monoisotopic (exact) mass is 420 g/mol. The van der Waals surface area contributed by atoms with Crippen molar-refractivity contribution in [3.05, 3.63) is 94.8 Å². The Labute approximate surface area is 182 Å². The van der Waals surface area contributed by atoms with E-state index in [4.69, 9.17) is 11.6 Å². The molecule has 3 aromatic rings. The minimum Gasteiger partial charge on any atom is -0.368 e. The predicted molar refractivity (Wildman–Crippen MR) is 121 cm³/mol. The van der Waals surface area contributed by atoms with E-state index in [0.29, 0.717) is 12.1 Å². The minimum atomic E-state index is -0.0655. The van der Waals surface area contributed by atoms with E-state index in [0.717, 1.165) is 54.6 Å². The van der Waals surface area contributed by atoms with Crippen LogP contribution in [0.3, 0.4) is 0 Å². The smallest absolute Gasteiger partial charge is 0.251 e. The van der Waals surface area contributed by atoms with Gasteiger partial charge in [-0.1, -0.05) is 41.9 Å². The summed E-state index contributed by atoms with van der Waals surface area (Å²) in [7, 11) is 0. The number of benzene rings is 2. The maximum atomic E-state index is 12.5. The topological polar surface area (TPSA) is 48.5 Å². The number of nitrogens with zero attached hydrogens (tertiary/aromatic N) is 3. The molecule has 5 nitrogen and oxygen atoms in total. The van der Waals surface area contributed by atoms with Gasteiger partial charge < -0.3 is 10.2 Å². The first-order valence-corrected chi connectivity index (χ1v) is 10.5. The largest absolute Gasteiger partial charge is 0.368 e. The summed E-state index contributed by atoms with van der Waals surface area (Å²) in [5.74, 6) is -0.0655. The van der Waals surface area contributed by atoms with Gasteiger partial charge in [0.05, 0.1) is 10.7 Å². The fourth-order valence-electron chi connectivity index (χ4n) is 3.71. The fourth-order valence-corrected chi connectivity index (χ4v) is 3.97. The highest BCUT2D eigenvalue weighted by atomic mass is 35.5. The van der Waals surface area contributed by atoms with Crippen molar-refractivity contribution >= 4 is 23.2 Å². The molecular formula is C24H25ClN4O. The highest BCUT2D eigenvalue weighted by Gasteiger charge is 2.19. The van der Waals surface area contributed by atoms with Crippen molar-refractivity contribution in [1.82, 2.24) is 15.2 Å². The molecule has 4 rings (SSSR count). The lowest BCUT2D eigenvalue weighted by Crippen LogP contribution is -2.46. The van der Waals surface area contributed by atoms with Gasteiger partial charge in [0, 0.05) is 57.2 Å². The van der Waals surface area contributed by atoms with Gasteiger partial charge in [-0.2, -0.15) is 0 Å². The van der Waals surface area contributed by atoms with Gasteiger partial charge in [0.15, 0.2) is 0 Å². The van der Waals surface area contributed by atoms with Crippen molar-refractivity contribution in [2.45, 2.75) is 13.1 Å². The molecule has 0 radical (unpaired) electrons. The molecule has 1 aliphatic heterocycles. The van der Waals surface area contributed by atoms with Crippen molar-refractivity contribution in [2.75, 3.05) is 31.1 Å². The van der Waals surface area contributed by atoms with E-state index in [9.17, 15) is 4.79 Å². The SMILES string of the molecule is O=C(NCc1cccnc1)c1cccc(CN2CCN(c3ccccc3Cl)CC2)c1. The average molecular weight is 421 g/mol. The van der Waals surface area contributed by atoms with Crippen molar-refractivity contribution in [2.24, 2.45) is 0 Å². The van der Waals surface area contributed by atoms with Gasteiger partial charge in [-0.25, -0.2) is 0 Å². The van der Waals surface area contributed by atoms with Crippen LogP contribution in [0.15, 0.2) is 73.1 Å². The molecule has 1 fully saturated rings. The fraction of sp³-hybridized carbons (Fsp3) is 0.250. The van der Waals surface area contributed by atoms with Crippen LogP contribution in [0, 0.1) is 0 Å². The molecule has 30 heavy (non-hydrogen) atoms. The molecule has 1 N–H and O–H groups in total. The Morgan fingerprint density at radius 3 is 2.53 bits per heavy atom. The van der Waals surface area contributed by atoms with E-state index in [1.165, 1.54) is 0 Å². The second kappa shape index (κ2) is 9.74. The number of rotatable bonds is 6. The lowest BCUT2D eigenvalue weighted by atomic mass is 10.1. The van der Waals surface area contributed by atoms with Gasteiger partial charge in [-0.3, -0.25) is 14.7 Å². The van der Waals surface area contributed by atoms with E-state index in [2.05, 4.69) is 32.2 Å².